The molecule has 0 fully saturated rings. The smallest absolute Gasteiger partial charge is 0.142 e. The number of rotatable bonds is 2. The molecule has 0 bridgehead atoms. The van der Waals surface area contributed by atoms with Crippen molar-refractivity contribution in [1.82, 2.24) is 0 Å². The van der Waals surface area contributed by atoms with Gasteiger partial charge in [0.25, 0.3) is 0 Å². The quantitative estimate of drug-likeness (QED) is 0.226. The maximum Gasteiger partial charge on any atom is 0.142 e. The molecule has 0 aromatic carbocycles. The Morgan fingerprint density at radius 2 is 1.86 bits per heavy atom. The summed E-state index contributed by atoms with van der Waals surface area (Å²) in [6.07, 6.45) is 5.22. The molecule has 0 atom stereocenters. The van der Waals surface area contributed by atoms with Crippen LogP contribution in [0, 0.1) is 0 Å². The summed E-state index contributed by atoms with van der Waals surface area (Å²) in [4.78, 5) is 9.43. The summed E-state index contributed by atoms with van der Waals surface area (Å²) in [5.41, 5.74) is 0. The van der Waals surface area contributed by atoms with E-state index in [4.69, 9.17) is 0 Å². The molecule has 0 N–H and O–H groups in total. The summed E-state index contributed by atoms with van der Waals surface area (Å²) in [5.74, 6) is 0. The van der Waals surface area contributed by atoms with Gasteiger partial charge in [0.2, 0.25) is 0 Å². The van der Waals surface area contributed by atoms with Crippen LogP contribution in [0.4, 0.5) is 0 Å². The van der Waals surface area contributed by atoms with Gasteiger partial charge >= 0.3 is 0 Å². The molecule has 0 aromatic heterocycles. The average molecular weight is 121 g/mol. The maximum atomic E-state index is 9.43. The number of carbonyl (C=O) groups excluding carboxylic acids is 1. The second-order valence-corrected chi connectivity index (χ2v) is 0.757. The van der Waals surface area contributed by atoms with Gasteiger partial charge in [-0.15, -0.1) is 0 Å². The van der Waals surface area contributed by atoms with Gasteiger partial charge in [-0.2, -0.15) is 0 Å². The Labute approximate surface area is 85.9 Å². The molecule has 0 aromatic rings. The van der Waals surface area contributed by atoms with Crippen molar-refractivity contribution in [3.05, 3.63) is 24.8 Å². The molecule has 0 saturated carbocycles. The van der Waals surface area contributed by atoms with Crippen LogP contribution in [-0.2, 0) is 4.79 Å². The Bertz CT molecular complexity index is 66.1. The van der Waals surface area contributed by atoms with Gasteiger partial charge in [0.1, 0.15) is 6.29 Å². The molecule has 0 spiro atoms. The molecule has 33 valence electrons. The molecule has 0 aliphatic rings. The predicted octanol–water partition coefficient (Wildman–Crippen LogP) is 0.547. The van der Waals surface area contributed by atoms with Crippen molar-refractivity contribution in [2.75, 3.05) is 0 Å². The summed E-state index contributed by atoms with van der Waals surface area (Å²) in [6.45, 7) is 3.35. The Hall–Kier alpha value is 0.786. The normalized spacial score (nSPS) is 7.43. The Morgan fingerprint density at radius 1 is 1.29 bits per heavy atom. The van der Waals surface area contributed by atoms with Gasteiger partial charge in [-0.1, -0.05) is 18.7 Å². The van der Waals surface area contributed by atoms with Crippen LogP contribution in [0.1, 0.15) is 0 Å². The van der Waals surface area contributed by atoms with Crippen molar-refractivity contribution in [2.45, 2.75) is 0 Å². The number of allylic oxidation sites excluding steroid dienone is 3. The SMILES string of the molecule is C=CC=CC=O.[K]. The van der Waals surface area contributed by atoms with Gasteiger partial charge in [0.05, 0.1) is 0 Å². The van der Waals surface area contributed by atoms with Gasteiger partial charge in [-0.25, -0.2) is 0 Å². The first-order valence-corrected chi connectivity index (χ1v) is 1.64. The maximum absolute atomic E-state index is 9.43. The fourth-order valence-electron chi connectivity index (χ4n) is 0.124. The second-order valence-electron chi connectivity index (χ2n) is 0.757. The van der Waals surface area contributed by atoms with E-state index in [9.17, 15) is 4.79 Å². The fourth-order valence-corrected chi connectivity index (χ4v) is 0.124. The standard InChI is InChI=1S/C5H6O.K/c1-2-3-4-5-6;/h2-5H,1H2;. The van der Waals surface area contributed by atoms with Crippen molar-refractivity contribution >= 4 is 57.7 Å². The van der Waals surface area contributed by atoms with Gasteiger partial charge in [-0.05, 0) is 6.08 Å². The van der Waals surface area contributed by atoms with Crippen molar-refractivity contribution in [1.29, 1.82) is 0 Å². The molecule has 0 aliphatic carbocycles. The van der Waals surface area contributed by atoms with E-state index in [1.807, 2.05) is 0 Å². The van der Waals surface area contributed by atoms with E-state index in [-0.39, 0.29) is 51.4 Å². The van der Waals surface area contributed by atoms with E-state index in [1.165, 1.54) is 6.08 Å². The summed E-state index contributed by atoms with van der Waals surface area (Å²) in [7, 11) is 0. The third-order valence-corrected chi connectivity index (χ3v) is 0.326. The van der Waals surface area contributed by atoms with Crippen LogP contribution >= 0.6 is 0 Å². The Balaban J connectivity index is 0. The third-order valence-electron chi connectivity index (χ3n) is 0.326. The van der Waals surface area contributed by atoms with E-state index in [0.29, 0.717) is 6.29 Å². The van der Waals surface area contributed by atoms with Crippen LogP contribution in [0.5, 0.6) is 0 Å². The van der Waals surface area contributed by atoms with Crippen LogP contribution in [0.3, 0.4) is 0 Å². The zero-order valence-electron chi connectivity index (χ0n) is 4.42. The average Bonchev–Trinajstić information content (AvgIpc) is 1.61. The minimum Gasteiger partial charge on any atom is -0.299 e. The number of aldehydes is 1. The molecule has 0 unspecified atom stereocenters. The van der Waals surface area contributed by atoms with E-state index in [0.717, 1.165) is 0 Å². The van der Waals surface area contributed by atoms with Gasteiger partial charge in [0, 0.05) is 51.4 Å². The molecule has 0 heterocycles. The van der Waals surface area contributed by atoms with Gasteiger partial charge in [0.15, 0.2) is 0 Å². The predicted molar refractivity (Wildman–Crippen MR) is 31.2 cm³/mol. The third kappa shape index (κ3) is 10.8. The van der Waals surface area contributed by atoms with Gasteiger partial charge < -0.3 is 0 Å². The molecule has 2 heteroatoms. The summed E-state index contributed by atoms with van der Waals surface area (Å²) >= 11 is 0. The van der Waals surface area contributed by atoms with Crippen LogP contribution < -0.4 is 0 Å². The molecule has 0 rings (SSSR count). The van der Waals surface area contributed by atoms with Crippen molar-refractivity contribution in [3.8, 4) is 0 Å². The van der Waals surface area contributed by atoms with Gasteiger partial charge in [-0.3, -0.25) is 4.79 Å². The molecule has 1 nitrogen and oxygen atoms in total. The molecular weight excluding hydrogens is 115 g/mol. The minimum atomic E-state index is 0. The molecular formula is C5H6KO. The number of carbonyl (C=O) groups is 1. The fraction of sp³-hybridized carbons (Fsp3) is 0. The van der Waals surface area contributed by atoms with Crippen LogP contribution in [0.25, 0.3) is 0 Å². The molecule has 0 amide bonds. The van der Waals surface area contributed by atoms with Crippen molar-refractivity contribution in [3.63, 3.8) is 0 Å². The topological polar surface area (TPSA) is 17.1 Å². The van der Waals surface area contributed by atoms with Crippen LogP contribution in [-0.4, -0.2) is 57.7 Å². The summed E-state index contributed by atoms with van der Waals surface area (Å²) < 4.78 is 0. The minimum absolute atomic E-state index is 0. The first kappa shape index (κ1) is 10.7. The van der Waals surface area contributed by atoms with E-state index >= 15 is 0 Å². The first-order chi connectivity index (χ1) is 2.91. The molecule has 1 radical (unpaired) electrons. The Kier molecular flexibility index (Phi) is 15.2. The molecule has 7 heavy (non-hydrogen) atoms. The second kappa shape index (κ2) is 9.92. The van der Waals surface area contributed by atoms with E-state index < -0.39 is 0 Å². The monoisotopic (exact) mass is 121 g/mol. The zero-order chi connectivity index (χ0) is 4.83. The summed E-state index contributed by atoms with van der Waals surface area (Å²) in [5, 5.41) is 0. The largest absolute Gasteiger partial charge is 0.299 e. The van der Waals surface area contributed by atoms with Crippen molar-refractivity contribution in [2.24, 2.45) is 0 Å². The molecule has 0 aliphatic heterocycles. The van der Waals surface area contributed by atoms with Crippen LogP contribution in [0.2, 0.25) is 0 Å². The Morgan fingerprint density at radius 3 is 2.00 bits per heavy atom. The van der Waals surface area contributed by atoms with E-state index in [1.54, 1.807) is 12.2 Å². The number of hydrogen-bond acceptors (Lipinski definition) is 1. The summed E-state index contributed by atoms with van der Waals surface area (Å²) in [6, 6.07) is 0. The molecule has 0 saturated heterocycles. The zero-order valence-corrected chi connectivity index (χ0v) is 7.55. The first-order valence-electron chi connectivity index (χ1n) is 1.64. The number of hydrogen-bond donors (Lipinski definition) is 0. The van der Waals surface area contributed by atoms with E-state index in [2.05, 4.69) is 6.58 Å². The van der Waals surface area contributed by atoms with Crippen LogP contribution in [0.15, 0.2) is 24.8 Å². The van der Waals surface area contributed by atoms with Crippen molar-refractivity contribution < 1.29 is 4.79 Å².